The van der Waals surface area contributed by atoms with E-state index in [0.29, 0.717) is 6.42 Å². The molecule has 8 heteroatoms. The molecule has 7 nitrogen and oxygen atoms in total. The van der Waals surface area contributed by atoms with E-state index in [4.69, 9.17) is 29.4 Å². The monoisotopic (exact) mass is 332 g/mol. The van der Waals surface area contributed by atoms with Gasteiger partial charge in [0.05, 0.1) is 6.04 Å². The van der Waals surface area contributed by atoms with E-state index in [9.17, 15) is 13.0 Å². The summed E-state index contributed by atoms with van der Waals surface area (Å²) in [6.45, 7) is 7.01. The van der Waals surface area contributed by atoms with E-state index in [0.717, 1.165) is 0 Å². The predicted octanol–water partition coefficient (Wildman–Crippen LogP) is -0.963. The van der Waals surface area contributed by atoms with Gasteiger partial charge in [-0.3, -0.25) is 4.55 Å². The first-order valence-electron chi connectivity index (χ1n) is 6.93. The topological polar surface area (TPSA) is 158 Å². The smallest absolute Gasteiger partial charge is 0.269 e. The van der Waals surface area contributed by atoms with Crippen LogP contribution in [0.4, 0.5) is 0 Å². The van der Waals surface area contributed by atoms with Crippen LogP contribution in [0.25, 0.3) is 0 Å². The molecule has 0 amide bonds. The molecular formula is C14H28N4O3S. The van der Waals surface area contributed by atoms with Crippen LogP contribution in [0.3, 0.4) is 0 Å². The van der Waals surface area contributed by atoms with Gasteiger partial charge < -0.3 is 22.9 Å². The van der Waals surface area contributed by atoms with Crippen LogP contribution in [0.5, 0.6) is 0 Å². The highest BCUT2D eigenvalue weighted by Crippen LogP contribution is 2.50. The Morgan fingerprint density at radius 1 is 1.36 bits per heavy atom. The van der Waals surface area contributed by atoms with Gasteiger partial charge in [-0.2, -0.15) is 8.42 Å². The Hall–Kier alpha value is -0.950. The number of hydrogen-bond donors (Lipinski definition) is 5. The molecule has 128 valence electrons. The summed E-state index contributed by atoms with van der Waals surface area (Å²) >= 11 is 0. The highest BCUT2D eigenvalue weighted by Gasteiger charge is 2.60. The van der Waals surface area contributed by atoms with Crippen molar-refractivity contribution in [1.29, 1.82) is 0 Å². The third-order valence-corrected chi connectivity index (χ3v) is 5.85. The fraction of sp³-hybridized carbons (Fsp3) is 0.714. The molecule has 0 heterocycles. The lowest BCUT2D eigenvalue weighted by Crippen LogP contribution is -2.69. The minimum atomic E-state index is -4.55. The molecule has 0 radical (unpaired) electrons. The molecule has 9 N–H and O–H groups in total. The van der Waals surface area contributed by atoms with Gasteiger partial charge in [0.2, 0.25) is 0 Å². The lowest BCUT2D eigenvalue weighted by molar-refractivity contribution is 0.0295. The third kappa shape index (κ3) is 3.51. The van der Waals surface area contributed by atoms with Crippen LogP contribution in [0, 0.1) is 23.2 Å². The minimum Gasteiger partial charge on any atom is -0.330 e. The minimum absolute atomic E-state index is 0.263. The first-order valence-corrected chi connectivity index (χ1v) is 8.43. The summed E-state index contributed by atoms with van der Waals surface area (Å²) in [6, 6.07) is -1.98. The second-order valence-corrected chi connectivity index (χ2v) is 7.60. The van der Waals surface area contributed by atoms with Gasteiger partial charge in [-0.1, -0.05) is 25.8 Å². The molecule has 0 rings (SSSR count). The van der Waals surface area contributed by atoms with Gasteiger partial charge in [0, 0.05) is 18.0 Å². The zero-order chi connectivity index (χ0) is 17.8. The van der Waals surface area contributed by atoms with Gasteiger partial charge in [-0.05, 0) is 18.4 Å². The number of hydrogen-bond acceptors (Lipinski definition) is 6. The van der Waals surface area contributed by atoms with E-state index in [1.807, 2.05) is 0 Å². The van der Waals surface area contributed by atoms with Crippen LogP contribution < -0.4 is 22.9 Å². The standard InChI is InChI=1S/C14H28N4O3S/c1-5-10(17)14(11(18)6-2,13(3,4)7-8-15)12(9-16)22(19,20)21/h1,6,10-12H,2,7-9,15-18H2,3-4H3,(H,19,20,21). The Kier molecular flexibility index (Phi) is 7.22. The molecule has 0 aliphatic rings. The molecule has 0 saturated carbocycles. The molecule has 0 aliphatic heterocycles. The molecule has 0 aromatic rings. The Labute approximate surface area is 133 Å². The number of terminal acetylenes is 1. The van der Waals surface area contributed by atoms with Gasteiger partial charge in [0.1, 0.15) is 5.25 Å². The van der Waals surface area contributed by atoms with Crippen molar-refractivity contribution in [3.8, 4) is 12.3 Å². The van der Waals surface area contributed by atoms with E-state index < -0.39 is 38.3 Å². The molecule has 0 fully saturated rings. The van der Waals surface area contributed by atoms with Crippen molar-refractivity contribution in [3.63, 3.8) is 0 Å². The van der Waals surface area contributed by atoms with Gasteiger partial charge >= 0.3 is 0 Å². The normalized spacial score (nSPS) is 19.5. The highest BCUT2D eigenvalue weighted by molar-refractivity contribution is 7.86. The van der Waals surface area contributed by atoms with Gasteiger partial charge in [0.15, 0.2) is 0 Å². The lowest BCUT2D eigenvalue weighted by atomic mass is 9.54. The largest absolute Gasteiger partial charge is 0.330 e. The van der Waals surface area contributed by atoms with Crippen LogP contribution in [-0.2, 0) is 10.1 Å². The average Bonchev–Trinajstić information content (AvgIpc) is 2.40. The van der Waals surface area contributed by atoms with Crippen molar-refractivity contribution in [2.45, 2.75) is 37.6 Å². The summed E-state index contributed by atoms with van der Waals surface area (Å²) in [5.74, 6) is 2.35. The molecule has 4 unspecified atom stereocenters. The Morgan fingerprint density at radius 3 is 2.14 bits per heavy atom. The van der Waals surface area contributed by atoms with Gasteiger partial charge in [0.25, 0.3) is 10.1 Å². The van der Waals surface area contributed by atoms with Gasteiger partial charge in [-0.25, -0.2) is 0 Å². The molecular weight excluding hydrogens is 304 g/mol. The Bertz CT molecular complexity index is 527. The molecule has 0 bridgehead atoms. The number of nitrogens with two attached hydrogens (primary N) is 4. The zero-order valence-electron chi connectivity index (χ0n) is 13.2. The SMILES string of the molecule is C#CC(N)C(C(N)C=C)(C(CN)S(=O)(=O)O)C(C)(C)CCN. The van der Waals surface area contributed by atoms with Crippen molar-refractivity contribution >= 4 is 10.1 Å². The first-order chi connectivity index (χ1) is 9.97. The van der Waals surface area contributed by atoms with Crippen LogP contribution in [0.15, 0.2) is 12.7 Å². The predicted molar refractivity (Wildman–Crippen MR) is 89.3 cm³/mol. The van der Waals surface area contributed by atoms with E-state index in [2.05, 4.69) is 12.5 Å². The van der Waals surface area contributed by atoms with E-state index >= 15 is 0 Å². The maximum atomic E-state index is 11.9. The van der Waals surface area contributed by atoms with Gasteiger partial charge in [-0.15, -0.1) is 13.0 Å². The number of rotatable bonds is 9. The van der Waals surface area contributed by atoms with E-state index in [1.54, 1.807) is 13.8 Å². The third-order valence-electron chi connectivity index (χ3n) is 4.55. The maximum absolute atomic E-state index is 11.9. The Morgan fingerprint density at radius 2 is 1.86 bits per heavy atom. The van der Waals surface area contributed by atoms with Crippen molar-refractivity contribution in [2.75, 3.05) is 13.1 Å². The maximum Gasteiger partial charge on any atom is 0.269 e. The summed E-state index contributed by atoms with van der Waals surface area (Å²) in [5, 5.41) is -1.44. The summed E-state index contributed by atoms with van der Waals surface area (Å²) < 4.78 is 33.5. The summed E-state index contributed by atoms with van der Waals surface area (Å²) in [5.41, 5.74) is 21.3. The second-order valence-electron chi connectivity index (χ2n) is 6.00. The fourth-order valence-corrected chi connectivity index (χ4v) is 4.76. The first kappa shape index (κ1) is 21.0. The van der Waals surface area contributed by atoms with E-state index in [1.165, 1.54) is 6.08 Å². The molecule has 0 aromatic carbocycles. The summed E-state index contributed by atoms with van der Waals surface area (Å²) in [7, 11) is -4.55. The Balaban J connectivity index is 6.72. The second kappa shape index (κ2) is 7.55. The molecule has 0 aliphatic carbocycles. The van der Waals surface area contributed by atoms with E-state index in [-0.39, 0.29) is 13.1 Å². The molecule has 4 atom stereocenters. The van der Waals surface area contributed by atoms with Crippen LogP contribution >= 0.6 is 0 Å². The fourth-order valence-electron chi connectivity index (χ4n) is 3.40. The zero-order valence-corrected chi connectivity index (χ0v) is 14.0. The van der Waals surface area contributed by atoms with Crippen LogP contribution in [0.2, 0.25) is 0 Å². The van der Waals surface area contributed by atoms with Crippen LogP contribution in [-0.4, -0.2) is 43.4 Å². The average molecular weight is 332 g/mol. The van der Waals surface area contributed by atoms with Crippen LogP contribution in [0.1, 0.15) is 20.3 Å². The molecule has 0 saturated heterocycles. The van der Waals surface area contributed by atoms with Crippen molar-refractivity contribution in [1.82, 2.24) is 0 Å². The molecule has 0 spiro atoms. The van der Waals surface area contributed by atoms with Crippen molar-refractivity contribution < 1.29 is 13.0 Å². The molecule has 22 heavy (non-hydrogen) atoms. The molecule has 0 aromatic heterocycles. The summed E-state index contributed by atoms with van der Waals surface area (Å²) in [4.78, 5) is 0. The summed E-state index contributed by atoms with van der Waals surface area (Å²) in [6.07, 6.45) is 7.22. The van der Waals surface area contributed by atoms with Crippen molar-refractivity contribution in [3.05, 3.63) is 12.7 Å². The quantitative estimate of drug-likeness (QED) is 0.206. The lowest BCUT2D eigenvalue weighted by Gasteiger charge is -2.54. The highest BCUT2D eigenvalue weighted by atomic mass is 32.2. The van der Waals surface area contributed by atoms with Crippen molar-refractivity contribution in [2.24, 2.45) is 33.8 Å².